The number of imidazole rings is 1. The fourth-order valence-electron chi connectivity index (χ4n) is 3.95. The molecule has 2 aliphatic heterocycles. The molecule has 2 aromatic heterocycles. The highest BCUT2D eigenvalue weighted by molar-refractivity contribution is 5.94. The first kappa shape index (κ1) is 17.9. The van der Waals surface area contributed by atoms with Gasteiger partial charge in [-0.05, 0) is 36.8 Å². The van der Waals surface area contributed by atoms with Crippen molar-refractivity contribution in [3.8, 4) is 11.5 Å². The summed E-state index contributed by atoms with van der Waals surface area (Å²) < 4.78 is 26.0. The Morgan fingerprint density at radius 1 is 1.10 bits per heavy atom. The van der Waals surface area contributed by atoms with E-state index in [-0.39, 0.29) is 12.7 Å². The molecule has 29 heavy (non-hydrogen) atoms. The lowest BCUT2D eigenvalue weighted by molar-refractivity contribution is 0.0621. The molecule has 0 unspecified atom stereocenters. The number of carbonyl (C=O) groups is 1. The van der Waals surface area contributed by atoms with Crippen LogP contribution in [0.4, 0.5) is 4.39 Å². The van der Waals surface area contributed by atoms with Gasteiger partial charge in [-0.25, -0.2) is 9.37 Å². The second kappa shape index (κ2) is 7.04. The summed E-state index contributed by atoms with van der Waals surface area (Å²) in [4.78, 5) is 21.6. The van der Waals surface area contributed by atoms with Gasteiger partial charge in [-0.2, -0.15) is 0 Å². The number of halogens is 1. The van der Waals surface area contributed by atoms with E-state index in [1.54, 1.807) is 17.4 Å². The molecule has 7 nitrogen and oxygen atoms in total. The zero-order valence-corrected chi connectivity index (χ0v) is 16.1. The molecule has 1 amide bonds. The van der Waals surface area contributed by atoms with Crippen LogP contribution in [0.25, 0.3) is 5.65 Å². The highest BCUT2D eigenvalue weighted by Crippen LogP contribution is 2.32. The van der Waals surface area contributed by atoms with Crippen LogP contribution in [-0.2, 0) is 6.54 Å². The summed E-state index contributed by atoms with van der Waals surface area (Å²) in [6, 6.07) is 8.93. The molecule has 1 fully saturated rings. The third-order valence-corrected chi connectivity index (χ3v) is 5.46. The van der Waals surface area contributed by atoms with E-state index in [0.717, 1.165) is 36.7 Å². The highest BCUT2D eigenvalue weighted by atomic mass is 19.1. The first-order chi connectivity index (χ1) is 14.1. The van der Waals surface area contributed by atoms with Gasteiger partial charge in [0, 0.05) is 38.9 Å². The largest absolute Gasteiger partial charge is 0.454 e. The van der Waals surface area contributed by atoms with Crippen molar-refractivity contribution in [2.45, 2.75) is 13.5 Å². The number of piperazine rings is 1. The first-order valence-corrected chi connectivity index (χ1v) is 9.63. The molecule has 8 heteroatoms. The SMILES string of the molecule is Cc1nc2ccc(F)cn2c1C(=O)N1CCN(Cc2ccc3c(c2)OCO3)CC1. The maximum atomic E-state index is 13.7. The van der Waals surface area contributed by atoms with Crippen LogP contribution in [-0.4, -0.2) is 58.1 Å². The molecule has 150 valence electrons. The van der Waals surface area contributed by atoms with Crippen LogP contribution < -0.4 is 9.47 Å². The molecule has 2 aliphatic rings. The van der Waals surface area contributed by atoms with Gasteiger partial charge >= 0.3 is 0 Å². The predicted octanol–water partition coefficient (Wildman–Crippen LogP) is 2.47. The molecule has 0 bridgehead atoms. The topological polar surface area (TPSA) is 59.3 Å². The van der Waals surface area contributed by atoms with Crippen molar-refractivity contribution < 1.29 is 18.7 Å². The Balaban J connectivity index is 1.27. The zero-order chi connectivity index (χ0) is 20.0. The predicted molar refractivity (Wildman–Crippen MR) is 104 cm³/mol. The number of benzene rings is 1. The number of carbonyl (C=O) groups excluding carboxylic acids is 1. The molecule has 1 aromatic carbocycles. The third kappa shape index (κ3) is 3.29. The second-order valence-electron chi connectivity index (χ2n) is 7.38. The Morgan fingerprint density at radius 3 is 2.72 bits per heavy atom. The van der Waals surface area contributed by atoms with Crippen LogP contribution in [0.5, 0.6) is 11.5 Å². The lowest BCUT2D eigenvalue weighted by Crippen LogP contribution is -2.48. The number of hydrogen-bond donors (Lipinski definition) is 0. The number of hydrogen-bond acceptors (Lipinski definition) is 5. The van der Waals surface area contributed by atoms with E-state index in [2.05, 4.69) is 9.88 Å². The molecule has 1 saturated heterocycles. The van der Waals surface area contributed by atoms with Gasteiger partial charge in [-0.3, -0.25) is 14.1 Å². The molecule has 0 N–H and O–H groups in total. The highest BCUT2D eigenvalue weighted by Gasteiger charge is 2.26. The number of nitrogens with zero attached hydrogens (tertiary/aromatic N) is 4. The van der Waals surface area contributed by atoms with Crippen molar-refractivity contribution >= 4 is 11.6 Å². The smallest absolute Gasteiger partial charge is 0.272 e. The summed E-state index contributed by atoms with van der Waals surface area (Å²) in [5, 5.41) is 0. The van der Waals surface area contributed by atoms with Crippen molar-refractivity contribution in [1.29, 1.82) is 0 Å². The van der Waals surface area contributed by atoms with E-state index in [1.807, 2.05) is 23.1 Å². The van der Waals surface area contributed by atoms with Gasteiger partial charge in [-0.1, -0.05) is 6.07 Å². The molecule has 0 radical (unpaired) electrons. The average Bonchev–Trinajstić information content (AvgIpc) is 3.31. The summed E-state index contributed by atoms with van der Waals surface area (Å²) in [5.41, 5.74) is 2.78. The van der Waals surface area contributed by atoms with Crippen molar-refractivity contribution in [3.05, 3.63) is 59.3 Å². The van der Waals surface area contributed by atoms with Gasteiger partial charge in [-0.15, -0.1) is 0 Å². The lowest BCUT2D eigenvalue weighted by Gasteiger charge is -2.34. The van der Waals surface area contributed by atoms with Gasteiger partial charge < -0.3 is 14.4 Å². The van der Waals surface area contributed by atoms with Crippen LogP contribution in [0.15, 0.2) is 36.5 Å². The van der Waals surface area contributed by atoms with Crippen LogP contribution in [0.3, 0.4) is 0 Å². The maximum Gasteiger partial charge on any atom is 0.272 e. The number of aromatic nitrogens is 2. The van der Waals surface area contributed by atoms with Crippen molar-refractivity contribution in [2.24, 2.45) is 0 Å². The number of pyridine rings is 1. The lowest BCUT2D eigenvalue weighted by atomic mass is 10.1. The second-order valence-corrected chi connectivity index (χ2v) is 7.38. The zero-order valence-electron chi connectivity index (χ0n) is 16.1. The maximum absolute atomic E-state index is 13.7. The fourth-order valence-corrected chi connectivity index (χ4v) is 3.95. The summed E-state index contributed by atoms with van der Waals surface area (Å²) in [6.07, 6.45) is 1.32. The van der Waals surface area contributed by atoms with E-state index in [0.29, 0.717) is 30.1 Å². The minimum atomic E-state index is -0.391. The van der Waals surface area contributed by atoms with Crippen LogP contribution in [0.2, 0.25) is 0 Å². The summed E-state index contributed by atoms with van der Waals surface area (Å²) >= 11 is 0. The van der Waals surface area contributed by atoms with Crippen molar-refractivity contribution in [2.75, 3.05) is 33.0 Å². The quantitative estimate of drug-likeness (QED) is 0.681. The van der Waals surface area contributed by atoms with Gasteiger partial charge in [0.25, 0.3) is 5.91 Å². The molecular weight excluding hydrogens is 375 g/mol. The van der Waals surface area contributed by atoms with Crippen LogP contribution in [0.1, 0.15) is 21.7 Å². The Morgan fingerprint density at radius 2 is 1.90 bits per heavy atom. The summed E-state index contributed by atoms with van der Waals surface area (Å²) in [5.74, 6) is 1.07. The van der Waals surface area contributed by atoms with E-state index < -0.39 is 5.82 Å². The van der Waals surface area contributed by atoms with Gasteiger partial charge in [0.05, 0.1) is 5.69 Å². The number of rotatable bonds is 3. The minimum Gasteiger partial charge on any atom is -0.454 e. The molecule has 4 heterocycles. The van der Waals surface area contributed by atoms with Gasteiger partial charge in [0.1, 0.15) is 17.2 Å². The fraction of sp³-hybridized carbons (Fsp3) is 0.333. The molecule has 3 aromatic rings. The molecule has 0 spiro atoms. The third-order valence-electron chi connectivity index (χ3n) is 5.46. The first-order valence-electron chi connectivity index (χ1n) is 9.63. The Kier molecular flexibility index (Phi) is 4.35. The molecule has 0 atom stereocenters. The van der Waals surface area contributed by atoms with Gasteiger partial charge in [0.2, 0.25) is 6.79 Å². The van der Waals surface area contributed by atoms with E-state index in [4.69, 9.17) is 9.47 Å². The summed E-state index contributed by atoms with van der Waals surface area (Å²) in [7, 11) is 0. The van der Waals surface area contributed by atoms with Crippen molar-refractivity contribution in [1.82, 2.24) is 19.2 Å². The standard InChI is InChI=1S/C21H21FN4O3/c1-14-20(26-12-16(22)3-5-19(26)23-14)21(27)25-8-6-24(7-9-25)11-15-2-4-17-18(10-15)29-13-28-17/h2-5,10,12H,6-9,11,13H2,1H3. The number of aryl methyl sites for hydroxylation is 1. The monoisotopic (exact) mass is 396 g/mol. The molecule has 5 rings (SSSR count). The number of fused-ring (bicyclic) bond motifs is 2. The normalized spacial score (nSPS) is 16.6. The Hall–Kier alpha value is -3.13. The summed E-state index contributed by atoms with van der Waals surface area (Å²) in [6.45, 7) is 5.62. The molecule has 0 aliphatic carbocycles. The van der Waals surface area contributed by atoms with E-state index in [9.17, 15) is 9.18 Å². The van der Waals surface area contributed by atoms with Crippen LogP contribution >= 0.6 is 0 Å². The Bertz CT molecular complexity index is 1090. The van der Waals surface area contributed by atoms with Gasteiger partial charge in [0.15, 0.2) is 11.5 Å². The number of amides is 1. The number of ether oxygens (including phenoxy) is 2. The Labute approximate surface area is 167 Å². The minimum absolute atomic E-state index is 0.108. The molecular formula is C21H21FN4O3. The average molecular weight is 396 g/mol. The van der Waals surface area contributed by atoms with Crippen molar-refractivity contribution in [3.63, 3.8) is 0 Å². The van der Waals surface area contributed by atoms with Crippen LogP contribution in [0, 0.1) is 12.7 Å². The molecule has 0 saturated carbocycles. The van der Waals surface area contributed by atoms with E-state index >= 15 is 0 Å². The van der Waals surface area contributed by atoms with E-state index in [1.165, 1.54) is 12.3 Å².